The van der Waals surface area contributed by atoms with Crippen LogP contribution in [0.25, 0.3) is 0 Å². The van der Waals surface area contributed by atoms with Gasteiger partial charge >= 0.3 is 0 Å². The van der Waals surface area contributed by atoms with E-state index in [9.17, 15) is 0 Å². The van der Waals surface area contributed by atoms with Crippen molar-refractivity contribution in [3.8, 4) is 0 Å². The predicted octanol–water partition coefficient (Wildman–Crippen LogP) is 0.404. The molecule has 0 spiro atoms. The van der Waals surface area contributed by atoms with Crippen LogP contribution in [-0.2, 0) is 0 Å². The fraction of sp³-hybridized carbons (Fsp3) is 0.333. The lowest BCUT2D eigenvalue weighted by Crippen LogP contribution is -1.74. The van der Waals surface area contributed by atoms with Gasteiger partial charge in [-0.1, -0.05) is 0 Å². The van der Waals surface area contributed by atoms with Gasteiger partial charge in [0.05, 0.1) is 0 Å². The molecule has 0 amide bonds. The van der Waals surface area contributed by atoms with Crippen LogP contribution in [0.1, 0.15) is 0 Å². The zero-order chi connectivity index (χ0) is 5.11. The molecule has 38 valence electrons. The minimum atomic E-state index is 1.57. The number of aromatic nitrogens is 3. The molecule has 0 radical (unpaired) electrons. The quantitative estimate of drug-likeness (QED) is 0.531. The van der Waals surface area contributed by atoms with Crippen LogP contribution >= 0.6 is 11.9 Å². The Morgan fingerprint density at radius 2 is 2.00 bits per heavy atom. The van der Waals surface area contributed by atoms with E-state index in [1.165, 1.54) is 0 Å². The zero-order valence-electron chi connectivity index (χ0n) is 3.90. The molecule has 7 heavy (non-hydrogen) atoms. The third kappa shape index (κ3) is 0.928. The maximum Gasteiger partial charge on any atom is 0.129 e. The molecule has 0 unspecified atom stereocenters. The Hall–Kier alpha value is -0.510. The van der Waals surface area contributed by atoms with Gasteiger partial charge in [0.15, 0.2) is 0 Å². The van der Waals surface area contributed by atoms with E-state index in [1.807, 2.05) is 10.2 Å². The predicted molar refractivity (Wildman–Crippen MR) is 28.9 cm³/mol. The normalized spacial score (nSPS) is 9.29. The molecule has 1 heterocycles. The molecule has 0 fully saturated rings. The molecule has 1 aromatic heterocycles. The van der Waals surface area contributed by atoms with Gasteiger partial charge in [-0.25, -0.2) is 0 Å². The first-order chi connectivity index (χ1) is 3.43. The first kappa shape index (κ1) is 4.64. The topological polar surface area (TPSA) is 30.7 Å². The van der Waals surface area contributed by atoms with Crippen LogP contribution in [0, 0.1) is 0 Å². The molecular formula is C3H5N3S. The molecule has 0 atom stereocenters. The Kier molecular flexibility index (Phi) is 1.31. The molecule has 0 aliphatic heterocycles. The fourth-order valence-corrected chi connectivity index (χ4v) is 0.558. The van der Waals surface area contributed by atoms with Gasteiger partial charge in [-0.15, -0.1) is 10.2 Å². The third-order valence-corrected chi connectivity index (χ3v) is 1.22. The second-order valence-corrected chi connectivity index (χ2v) is 1.79. The SMILES string of the molecule is CSn1cnnc1. The van der Waals surface area contributed by atoms with E-state index in [-0.39, 0.29) is 0 Å². The molecule has 0 aromatic carbocycles. The maximum absolute atomic E-state index is 3.59. The first-order valence-corrected chi connectivity index (χ1v) is 3.01. The van der Waals surface area contributed by atoms with Crippen LogP contribution in [-0.4, -0.2) is 20.4 Å². The number of hydrogen-bond donors (Lipinski definition) is 0. The zero-order valence-corrected chi connectivity index (χ0v) is 4.72. The number of hydrogen-bond acceptors (Lipinski definition) is 3. The molecule has 0 aliphatic rings. The summed E-state index contributed by atoms with van der Waals surface area (Å²) in [4.78, 5) is 0. The molecule has 0 saturated heterocycles. The van der Waals surface area contributed by atoms with Gasteiger partial charge in [0.25, 0.3) is 0 Å². The lowest BCUT2D eigenvalue weighted by Gasteiger charge is -1.84. The van der Waals surface area contributed by atoms with Gasteiger partial charge in [0.1, 0.15) is 12.7 Å². The molecular weight excluding hydrogens is 110 g/mol. The summed E-state index contributed by atoms with van der Waals surface area (Å²) in [6.45, 7) is 0. The van der Waals surface area contributed by atoms with E-state index in [2.05, 4.69) is 10.2 Å². The summed E-state index contributed by atoms with van der Waals surface area (Å²) in [7, 11) is 0. The standard InChI is InChI=1S/C3H5N3S/c1-7-6-2-4-5-3-6/h2-3H,1H3. The molecule has 1 rings (SSSR count). The second-order valence-electron chi connectivity index (χ2n) is 1.00. The van der Waals surface area contributed by atoms with Crippen molar-refractivity contribution in [2.45, 2.75) is 0 Å². The van der Waals surface area contributed by atoms with Crippen LogP contribution in [0.3, 0.4) is 0 Å². The number of rotatable bonds is 1. The van der Waals surface area contributed by atoms with Crippen LogP contribution in [0.5, 0.6) is 0 Å². The maximum atomic E-state index is 3.59. The molecule has 1 aromatic rings. The van der Waals surface area contributed by atoms with Crippen molar-refractivity contribution in [3.63, 3.8) is 0 Å². The minimum Gasteiger partial charge on any atom is -0.261 e. The third-order valence-electron chi connectivity index (χ3n) is 0.608. The van der Waals surface area contributed by atoms with E-state index < -0.39 is 0 Å². The summed E-state index contributed by atoms with van der Waals surface area (Å²) in [6.07, 6.45) is 5.28. The Morgan fingerprint density at radius 1 is 1.43 bits per heavy atom. The van der Waals surface area contributed by atoms with Crippen LogP contribution in [0.4, 0.5) is 0 Å². The molecule has 0 aliphatic carbocycles. The fourth-order valence-electron chi connectivity index (χ4n) is 0.286. The van der Waals surface area contributed by atoms with E-state index >= 15 is 0 Å². The lowest BCUT2D eigenvalue weighted by molar-refractivity contribution is 1.09. The average Bonchev–Trinajstić information content (AvgIpc) is 2.14. The van der Waals surface area contributed by atoms with Crippen molar-refractivity contribution in [2.75, 3.05) is 6.26 Å². The molecule has 3 nitrogen and oxygen atoms in total. The summed E-state index contributed by atoms with van der Waals surface area (Å²) in [5.74, 6) is 0. The van der Waals surface area contributed by atoms with Crippen molar-refractivity contribution in [1.29, 1.82) is 0 Å². The van der Waals surface area contributed by atoms with Crippen molar-refractivity contribution >= 4 is 11.9 Å². The van der Waals surface area contributed by atoms with Crippen molar-refractivity contribution in [3.05, 3.63) is 12.7 Å². The average molecular weight is 115 g/mol. The van der Waals surface area contributed by atoms with Crippen molar-refractivity contribution in [1.82, 2.24) is 14.2 Å². The Labute approximate surface area is 45.9 Å². The Balaban J connectivity index is 2.76. The highest BCUT2D eigenvalue weighted by atomic mass is 32.2. The first-order valence-electron chi connectivity index (χ1n) is 1.82. The van der Waals surface area contributed by atoms with E-state index in [4.69, 9.17) is 0 Å². The highest BCUT2D eigenvalue weighted by molar-refractivity contribution is 7.97. The van der Waals surface area contributed by atoms with E-state index in [0.29, 0.717) is 0 Å². The summed E-state index contributed by atoms with van der Waals surface area (Å²) in [6, 6.07) is 0. The van der Waals surface area contributed by atoms with Gasteiger partial charge in [-0.3, -0.25) is 3.97 Å². The van der Waals surface area contributed by atoms with Crippen molar-refractivity contribution < 1.29 is 0 Å². The minimum absolute atomic E-state index is 1.57. The monoisotopic (exact) mass is 115 g/mol. The number of nitrogens with zero attached hydrogens (tertiary/aromatic N) is 3. The Bertz CT molecular complexity index is 125. The highest BCUT2D eigenvalue weighted by Crippen LogP contribution is 1.93. The summed E-state index contributed by atoms with van der Waals surface area (Å²) in [5, 5.41) is 7.17. The second kappa shape index (κ2) is 1.97. The molecule has 4 heteroatoms. The van der Waals surface area contributed by atoms with Crippen LogP contribution < -0.4 is 0 Å². The largest absolute Gasteiger partial charge is 0.261 e. The highest BCUT2D eigenvalue weighted by Gasteiger charge is 1.79. The van der Waals surface area contributed by atoms with Crippen LogP contribution in [0.15, 0.2) is 12.7 Å². The van der Waals surface area contributed by atoms with Gasteiger partial charge in [-0.2, -0.15) is 0 Å². The molecule has 0 N–H and O–H groups in total. The summed E-state index contributed by atoms with van der Waals surface area (Å²) < 4.78 is 1.82. The molecule has 0 bridgehead atoms. The van der Waals surface area contributed by atoms with Gasteiger partial charge < -0.3 is 0 Å². The smallest absolute Gasteiger partial charge is 0.129 e. The van der Waals surface area contributed by atoms with Gasteiger partial charge in [0, 0.05) is 6.26 Å². The lowest BCUT2D eigenvalue weighted by atomic mass is 11.3. The Morgan fingerprint density at radius 3 is 2.29 bits per heavy atom. The van der Waals surface area contributed by atoms with Crippen LogP contribution in [0.2, 0.25) is 0 Å². The van der Waals surface area contributed by atoms with E-state index in [1.54, 1.807) is 24.6 Å². The van der Waals surface area contributed by atoms with Crippen molar-refractivity contribution in [2.24, 2.45) is 0 Å². The molecule has 0 saturated carbocycles. The summed E-state index contributed by atoms with van der Waals surface area (Å²) in [5.41, 5.74) is 0. The summed E-state index contributed by atoms with van der Waals surface area (Å²) >= 11 is 1.57. The van der Waals surface area contributed by atoms with Gasteiger partial charge in [-0.05, 0) is 11.9 Å². The van der Waals surface area contributed by atoms with E-state index in [0.717, 1.165) is 0 Å². The van der Waals surface area contributed by atoms with Gasteiger partial charge in [0.2, 0.25) is 0 Å².